The predicted molar refractivity (Wildman–Crippen MR) is 56.0 cm³/mol. The quantitative estimate of drug-likeness (QED) is 0.735. The molecule has 0 N–H and O–H groups in total. The van der Waals surface area contributed by atoms with E-state index in [1.165, 1.54) is 12.1 Å². The van der Waals surface area contributed by atoms with E-state index in [1.54, 1.807) is 29.7 Å². The minimum Gasteiger partial charge on any atom is -0.249 e. The molecule has 1 aromatic heterocycles. The summed E-state index contributed by atoms with van der Waals surface area (Å²) in [7, 11) is 0. The van der Waals surface area contributed by atoms with Crippen LogP contribution in [-0.4, -0.2) is 4.98 Å². The van der Waals surface area contributed by atoms with Crippen molar-refractivity contribution < 1.29 is 4.39 Å². The third-order valence-electron chi connectivity index (χ3n) is 2.19. The van der Waals surface area contributed by atoms with Crippen molar-refractivity contribution in [3.63, 3.8) is 0 Å². The average Bonchev–Trinajstić information content (AvgIpc) is 2.71. The van der Waals surface area contributed by atoms with Crippen molar-refractivity contribution in [3.8, 4) is 0 Å². The molecule has 1 unspecified atom stereocenters. The zero-order valence-electron chi connectivity index (χ0n) is 7.77. The van der Waals surface area contributed by atoms with E-state index in [0.717, 1.165) is 10.6 Å². The Bertz CT molecular complexity index is 394. The van der Waals surface area contributed by atoms with Gasteiger partial charge in [-0.15, -0.1) is 11.3 Å². The van der Waals surface area contributed by atoms with Crippen molar-refractivity contribution in [1.29, 1.82) is 0 Å². The van der Waals surface area contributed by atoms with E-state index in [2.05, 4.69) is 11.9 Å². The van der Waals surface area contributed by atoms with Gasteiger partial charge in [0.15, 0.2) is 0 Å². The van der Waals surface area contributed by atoms with Crippen molar-refractivity contribution in [3.05, 3.63) is 52.2 Å². The number of halogens is 1. The van der Waals surface area contributed by atoms with Crippen molar-refractivity contribution in [1.82, 2.24) is 4.98 Å². The number of benzene rings is 1. The lowest BCUT2D eigenvalue weighted by Gasteiger charge is -2.07. The molecule has 0 saturated heterocycles. The van der Waals surface area contributed by atoms with E-state index in [-0.39, 0.29) is 11.7 Å². The summed E-state index contributed by atoms with van der Waals surface area (Å²) >= 11 is 1.63. The van der Waals surface area contributed by atoms with Crippen LogP contribution in [0.2, 0.25) is 0 Å². The summed E-state index contributed by atoms with van der Waals surface area (Å²) in [5.74, 6) is 0.0516. The number of hydrogen-bond donors (Lipinski definition) is 0. The Hall–Kier alpha value is -1.22. The number of hydrogen-bond acceptors (Lipinski definition) is 2. The molecule has 1 heterocycles. The fourth-order valence-corrected chi connectivity index (χ4v) is 2.07. The largest absolute Gasteiger partial charge is 0.249 e. The van der Waals surface area contributed by atoms with Gasteiger partial charge < -0.3 is 0 Å². The topological polar surface area (TPSA) is 12.9 Å². The monoisotopic (exact) mass is 207 g/mol. The van der Waals surface area contributed by atoms with Crippen molar-refractivity contribution >= 4 is 11.3 Å². The Morgan fingerprint density at radius 2 is 2.00 bits per heavy atom. The molecule has 72 valence electrons. The van der Waals surface area contributed by atoms with Gasteiger partial charge in [-0.05, 0) is 17.7 Å². The summed E-state index contributed by atoms with van der Waals surface area (Å²) in [4.78, 5) is 4.24. The third-order valence-corrected chi connectivity index (χ3v) is 3.15. The molecule has 1 nitrogen and oxygen atoms in total. The maximum Gasteiger partial charge on any atom is 0.123 e. The lowest BCUT2D eigenvalue weighted by molar-refractivity contribution is 0.626. The van der Waals surface area contributed by atoms with Crippen LogP contribution in [0.3, 0.4) is 0 Å². The van der Waals surface area contributed by atoms with Crippen molar-refractivity contribution in [2.45, 2.75) is 12.8 Å². The van der Waals surface area contributed by atoms with Crippen LogP contribution in [0.25, 0.3) is 0 Å². The molecule has 0 amide bonds. The van der Waals surface area contributed by atoms with E-state index in [0.29, 0.717) is 0 Å². The highest BCUT2D eigenvalue weighted by molar-refractivity contribution is 7.09. The molecule has 0 aliphatic heterocycles. The van der Waals surface area contributed by atoms with Gasteiger partial charge in [-0.3, -0.25) is 0 Å². The molecule has 1 aromatic carbocycles. The maximum atomic E-state index is 12.7. The van der Waals surface area contributed by atoms with Crippen LogP contribution in [0.15, 0.2) is 35.8 Å². The molecule has 0 aliphatic carbocycles. The van der Waals surface area contributed by atoms with Gasteiger partial charge in [0.1, 0.15) is 5.82 Å². The van der Waals surface area contributed by atoms with Crippen LogP contribution in [-0.2, 0) is 0 Å². The first kappa shape index (κ1) is 9.34. The highest BCUT2D eigenvalue weighted by Gasteiger charge is 2.10. The normalized spacial score (nSPS) is 12.7. The molecule has 0 aliphatic rings. The fraction of sp³-hybridized carbons (Fsp3) is 0.182. The smallest absolute Gasteiger partial charge is 0.123 e. The zero-order valence-corrected chi connectivity index (χ0v) is 8.59. The molecule has 0 radical (unpaired) electrons. The highest BCUT2D eigenvalue weighted by atomic mass is 32.1. The van der Waals surface area contributed by atoms with Gasteiger partial charge in [-0.25, -0.2) is 9.37 Å². The second kappa shape index (κ2) is 3.88. The first-order valence-electron chi connectivity index (χ1n) is 4.42. The van der Waals surface area contributed by atoms with Gasteiger partial charge in [-0.2, -0.15) is 0 Å². The maximum absolute atomic E-state index is 12.7. The lowest BCUT2D eigenvalue weighted by atomic mass is 10.0. The summed E-state index contributed by atoms with van der Waals surface area (Å²) in [6.45, 7) is 2.08. The molecular weight excluding hydrogens is 197 g/mol. The molecule has 1 atom stereocenters. The molecule has 3 heteroatoms. The van der Waals surface area contributed by atoms with E-state index in [4.69, 9.17) is 0 Å². The van der Waals surface area contributed by atoms with Gasteiger partial charge in [0.2, 0.25) is 0 Å². The van der Waals surface area contributed by atoms with Gasteiger partial charge in [0, 0.05) is 17.5 Å². The van der Waals surface area contributed by atoms with Crippen LogP contribution in [0, 0.1) is 5.82 Å². The zero-order chi connectivity index (χ0) is 9.97. The van der Waals surface area contributed by atoms with Crippen LogP contribution in [0.4, 0.5) is 4.39 Å². The third kappa shape index (κ3) is 1.82. The van der Waals surface area contributed by atoms with Gasteiger partial charge >= 0.3 is 0 Å². The molecular formula is C11H10FNS. The van der Waals surface area contributed by atoms with E-state index >= 15 is 0 Å². The molecule has 2 rings (SSSR count). The first-order valence-corrected chi connectivity index (χ1v) is 5.30. The summed E-state index contributed by atoms with van der Waals surface area (Å²) in [5.41, 5.74) is 1.10. The molecule has 14 heavy (non-hydrogen) atoms. The Balaban J connectivity index is 2.28. The molecule has 0 bridgehead atoms. The van der Waals surface area contributed by atoms with E-state index < -0.39 is 0 Å². The number of nitrogens with zero attached hydrogens (tertiary/aromatic N) is 1. The SMILES string of the molecule is CC(c1ccc(F)cc1)c1nccs1. The molecule has 0 spiro atoms. The molecule has 0 fully saturated rings. The number of rotatable bonds is 2. The highest BCUT2D eigenvalue weighted by Crippen LogP contribution is 2.25. The molecule has 0 saturated carbocycles. The number of thiazole rings is 1. The van der Waals surface area contributed by atoms with Crippen molar-refractivity contribution in [2.75, 3.05) is 0 Å². The van der Waals surface area contributed by atoms with Gasteiger partial charge in [0.05, 0.1) is 5.01 Å². The summed E-state index contributed by atoms with van der Waals surface area (Å²) in [6, 6.07) is 6.58. The van der Waals surface area contributed by atoms with Crippen LogP contribution < -0.4 is 0 Å². The number of aromatic nitrogens is 1. The minimum absolute atomic E-state index is 0.194. The van der Waals surface area contributed by atoms with Gasteiger partial charge in [-0.1, -0.05) is 19.1 Å². The van der Waals surface area contributed by atoms with Gasteiger partial charge in [0.25, 0.3) is 0 Å². The average molecular weight is 207 g/mol. The van der Waals surface area contributed by atoms with E-state index in [1.807, 2.05) is 5.38 Å². The Kier molecular flexibility index (Phi) is 2.59. The second-order valence-electron chi connectivity index (χ2n) is 3.14. The van der Waals surface area contributed by atoms with Crippen molar-refractivity contribution in [2.24, 2.45) is 0 Å². The second-order valence-corrected chi connectivity index (χ2v) is 4.07. The van der Waals surface area contributed by atoms with E-state index in [9.17, 15) is 4.39 Å². The summed E-state index contributed by atoms with van der Waals surface area (Å²) in [6.07, 6.45) is 1.79. The predicted octanol–water partition coefficient (Wildman–Crippen LogP) is 3.43. The van der Waals surface area contributed by atoms with Crippen LogP contribution in [0.1, 0.15) is 23.4 Å². The molecule has 2 aromatic rings. The first-order chi connectivity index (χ1) is 6.77. The Labute approximate surface area is 86.2 Å². The summed E-state index contributed by atoms with van der Waals surface area (Å²) < 4.78 is 12.7. The Morgan fingerprint density at radius 3 is 2.57 bits per heavy atom. The van der Waals surface area contributed by atoms with Crippen LogP contribution >= 0.6 is 11.3 Å². The minimum atomic E-state index is -0.194. The fourth-order valence-electron chi connectivity index (χ4n) is 1.34. The standard InChI is InChI=1S/C11H10FNS/c1-8(11-13-6-7-14-11)9-2-4-10(12)5-3-9/h2-8H,1H3. The summed E-state index contributed by atoms with van der Waals surface area (Å²) in [5, 5.41) is 3.02. The van der Waals surface area contributed by atoms with Crippen LogP contribution in [0.5, 0.6) is 0 Å². The lowest BCUT2D eigenvalue weighted by Crippen LogP contribution is -1.94. The Morgan fingerprint density at radius 1 is 1.29 bits per heavy atom.